The van der Waals surface area contributed by atoms with Gasteiger partial charge in [0.25, 0.3) is 0 Å². The predicted octanol–water partition coefficient (Wildman–Crippen LogP) is 1.82. The van der Waals surface area contributed by atoms with Gasteiger partial charge in [-0.3, -0.25) is 4.72 Å². The molecule has 1 aromatic carbocycles. The van der Waals surface area contributed by atoms with E-state index in [1.165, 1.54) is 18.7 Å². The Hall–Kier alpha value is -0.790. The molecule has 94 valence electrons. The summed E-state index contributed by atoms with van der Waals surface area (Å²) in [5, 5.41) is -0.896. The summed E-state index contributed by atoms with van der Waals surface area (Å²) in [5.74, 6) is 0. The number of nitrogens with one attached hydrogen (secondary N) is 1. The molecule has 0 amide bonds. The molecule has 0 bridgehead atoms. The zero-order valence-electron chi connectivity index (χ0n) is 9.51. The standard InChI is InChI=1S/C10H14N2O2S3/c1-7(10(11)15)17(13,14)12-8-5-3-4-6-9(8)16-2/h3-7,12H,1-2H3,(H2,11,15). The van der Waals surface area contributed by atoms with E-state index in [4.69, 9.17) is 18.0 Å². The van der Waals surface area contributed by atoms with E-state index in [0.717, 1.165) is 4.90 Å². The second kappa shape index (κ2) is 5.70. The molecule has 0 fully saturated rings. The van der Waals surface area contributed by atoms with E-state index in [2.05, 4.69) is 4.72 Å². The van der Waals surface area contributed by atoms with E-state index in [1.807, 2.05) is 18.4 Å². The SMILES string of the molecule is CSc1ccccc1NS(=O)(=O)C(C)C(N)=S. The maximum Gasteiger partial charge on any atom is 0.241 e. The van der Waals surface area contributed by atoms with Gasteiger partial charge in [0, 0.05) is 4.90 Å². The molecule has 0 aliphatic heterocycles. The second-order valence-corrected chi connectivity index (χ2v) is 6.71. The number of sulfonamides is 1. The summed E-state index contributed by atoms with van der Waals surface area (Å²) < 4.78 is 26.3. The minimum atomic E-state index is -3.57. The van der Waals surface area contributed by atoms with Crippen molar-refractivity contribution < 1.29 is 8.42 Å². The lowest BCUT2D eigenvalue weighted by molar-refractivity contribution is 0.598. The van der Waals surface area contributed by atoms with Gasteiger partial charge in [-0.15, -0.1) is 11.8 Å². The summed E-state index contributed by atoms with van der Waals surface area (Å²) in [6.07, 6.45) is 1.88. The Morgan fingerprint density at radius 3 is 2.59 bits per heavy atom. The van der Waals surface area contributed by atoms with Gasteiger partial charge in [-0.1, -0.05) is 24.4 Å². The summed E-state index contributed by atoms with van der Waals surface area (Å²) >= 11 is 6.16. The number of rotatable bonds is 5. The summed E-state index contributed by atoms with van der Waals surface area (Å²) in [5.41, 5.74) is 5.90. The van der Waals surface area contributed by atoms with Crippen LogP contribution in [0.1, 0.15) is 6.92 Å². The fraction of sp³-hybridized carbons (Fsp3) is 0.300. The van der Waals surface area contributed by atoms with Gasteiger partial charge < -0.3 is 5.73 Å². The maximum atomic E-state index is 11.9. The number of nitrogens with two attached hydrogens (primary N) is 1. The Balaban J connectivity index is 3.02. The normalized spacial score (nSPS) is 13.1. The van der Waals surface area contributed by atoms with Crippen LogP contribution in [0.4, 0.5) is 5.69 Å². The fourth-order valence-electron chi connectivity index (χ4n) is 1.12. The highest BCUT2D eigenvalue weighted by Crippen LogP contribution is 2.26. The van der Waals surface area contributed by atoms with E-state index in [0.29, 0.717) is 5.69 Å². The van der Waals surface area contributed by atoms with E-state index >= 15 is 0 Å². The molecule has 7 heteroatoms. The molecule has 3 N–H and O–H groups in total. The van der Waals surface area contributed by atoms with Gasteiger partial charge in [0.05, 0.1) is 10.7 Å². The van der Waals surface area contributed by atoms with Crippen LogP contribution >= 0.6 is 24.0 Å². The van der Waals surface area contributed by atoms with Crippen LogP contribution in [0.15, 0.2) is 29.2 Å². The van der Waals surface area contributed by atoms with Crippen molar-refractivity contribution in [3.05, 3.63) is 24.3 Å². The van der Waals surface area contributed by atoms with Crippen LogP contribution in [-0.2, 0) is 10.0 Å². The summed E-state index contributed by atoms with van der Waals surface area (Å²) in [6.45, 7) is 1.46. The van der Waals surface area contributed by atoms with Gasteiger partial charge in [0.15, 0.2) is 0 Å². The Morgan fingerprint density at radius 1 is 1.47 bits per heavy atom. The third-order valence-electron chi connectivity index (χ3n) is 2.23. The number of para-hydroxylation sites is 1. The molecule has 1 unspecified atom stereocenters. The molecule has 1 rings (SSSR count). The van der Waals surface area contributed by atoms with Crippen LogP contribution in [0.2, 0.25) is 0 Å². The van der Waals surface area contributed by atoms with Crippen molar-refractivity contribution in [3.63, 3.8) is 0 Å². The predicted molar refractivity (Wildman–Crippen MR) is 77.0 cm³/mol. The van der Waals surface area contributed by atoms with E-state index < -0.39 is 15.3 Å². The molecule has 0 saturated heterocycles. The van der Waals surface area contributed by atoms with Crippen molar-refractivity contribution in [1.82, 2.24) is 0 Å². The maximum absolute atomic E-state index is 11.9. The smallest absolute Gasteiger partial charge is 0.241 e. The second-order valence-electron chi connectivity index (χ2n) is 3.39. The van der Waals surface area contributed by atoms with Crippen molar-refractivity contribution in [2.45, 2.75) is 17.1 Å². The highest BCUT2D eigenvalue weighted by molar-refractivity contribution is 7.99. The molecule has 1 aromatic rings. The third-order valence-corrected chi connectivity index (χ3v) is 5.21. The minimum Gasteiger partial charge on any atom is -0.392 e. The first-order valence-corrected chi connectivity index (χ1v) is 8.00. The number of hydrogen-bond acceptors (Lipinski definition) is 4. The Bertz CT molecular complexity index is 514. The topological polar surface area (TPSA) is 72.2 Å². The number of thioether (sulfide) groups is 1. The van der Waals surface area contributed by atoms with Gasteiger partial charge in [-0.2, -0.15) is 0 Å². The summed E-state index contributed by atoms with van der Waals surface area (Å²) in [6, 6.07) is 7.16. The quantitative estimate of drug-likeness (QED) is 0.639. The molecule has 0 spiro atoms. The average molecular weight is 290 g/mol. The lowest BCUT2D eigenvalue weighted by Crippen LogP contribution is -2.35. The van der Waals surface area contributed by atoms with Crippen LogP contribution in [0.3, 0.4) is 0 Å². The number of thiocarbonyl (C=S) groups is 1. The van der Waals surface area contributed by atoms with Crippen molar-refractivity contribution in [2.24, 2.45) is 5.73 Å². The monoisotopic (exact) mass is 290 g/mol. The fourth-order valence-corrected chi connectivity index (χ4v) is 3.09. The zero-order chi connectivity index (χ0) is 13.1. The van der Waals surface area contributed by atoms with E-state index in [9.17, 15) is 8.42 Å². The van der Waals surface area contributed by atoms with Crippen molar-refractivity contribution in [1.29, 1.82) is 0 Å². The molecule has 0 heterocycles. The molecule has 0 aromatic heterocycles. The van der Waals surface area contributed by atoms with Gasteiger partial charge in [-0.05, 0) is 25.3 Å². The van der Waals surface area contributed by atoms with Gasteiger partial charge >= 0.3 is 0 Å². The van der Waals surface area contributed by atoms with Crippen LogP contribution in [0.5, 0.6) is 0 Å². The van der Waals surface area contributed by atoms with Gasteiger partial charge in [-0.25, -0.2) is 8.42 Å². The van der Waals surface area contributed by atoms with Crippen molar-refractivity contribution >= 4 is 44.7 Å². The first-order valence-electron chi connectivity index (χ1n) is 4.82. The Labute approximate surface area is 111 Å². The highest BCUT2D eigenvalue weighted by atomic mass is 32.2. The van der Waals surface area contributed by atoms with Crippen molar-refractivity contribution in [2.75, 3.05) is 11.0 Å². The lowest BCUT2D eigenvalue weighted by atomic mass is 10.3. The molecular formula is C10H14N2O2S3. The first-order chi connectivity index (χ1) is 7.88. The highest BCUT2D eigenvalue weighted by Gasteiger charge is 2.23. The van der Waals surface area contributed by atoms with Crippen LogP contribution in [0, 0.1) is 0 Å². The third kappa shape index (κ3) is 3.58. The van der Waals surface area contributed by atoms with E-state index in [1.54, 1.807) is 12.1 Å². The average Bonchev–Trinajstić information content (AvgIpc) is 2.28. The lowest BCUT2D eigenvalue weighted by Gasteiger charge is -2.15. The largest absolute Gasteiger partial charge is 0.392 e. The summed E-state index contributed by atoms with van der Waals surface area (Å²) in [7, 11) is -3.57. The molecule has 0 radical (unpaired) electrons. The van der Waals surface area contributed by atoms with Crippen LogP contribution < -0.4 is 10.5 Å². The van der Waals surface area contributed by atoms with Crippen molar-refractivity contribution in [3.8, 4) is 0 Å². The summed E-state index contributed by atoms with van der Waals surface area (Å²) in [4.78, 5) is 0.811. The molecule has 0 aliphatic rings. The molecule has 4 nitrogen and oxygen atoms in total. The molecule has 17 heavy (non-hydrogen) atoms. The van der Waals surface area contributed by atoms with Crippen LogP contribution in [0.25, 0.3) is 0 Å². The van der Waals surface area contributed by atoms with Gasteiger partial charge in [0.1, 0.15) is 5.25 Å². The van der Waals surface area contributed by atoms with Gasteiger partial charge in [0.2, 0.25) is 10.0 Å². The zero-order valence-corrected chi connectivity index (χ0v) is 12.0. The number of hydrogen-bond donors (Lipinski definition) is 2. The number of benzene rings is 1. The Morgan fingerprint density at radius 2 is 2.06 bits per heavy atom. The molecule has 0 saturated carbocycles. The minimum absolute atomic E-state index is 0.0425. The van der Waals surface area contributed by atoms with E-state index in [-0.39, 0.29) is 4.99 Å². The Kier molecular flexibility index (Phi) is 4.79. The molecule has 0 aliphatic carbocycles. The van der Waals surface area contributed by atoms with Crippen LogP contribution in [-0.4, -0.2) is 24.9 Å². The molecular weight excluding hydrogens is 276 g/mol. The first kappa shape index (κ1) is 14.3. The number of anilines is 1. The molecule has 1 atom stereocenters.